The molecule has 1 aliphatic heterocycles. The summed E-state index contributed by atoms with van der Waals surface area (Å²) >= 11 is 0. The molecule has 8 nitrogen and oxygen atoms in total. The second-order valence-corrected chi connectivity index (χ2v) is 6.99. The first-order chi connectivity index (χ1) is 15.0. The van der Waals surface area contributed by atoms with Gasteiger partial charge in [-0.05, 0) is 48.5 Å². The summed E-state index contributed by atoms with van der Waals surface area (Å²) in [4.78, 5) is 49.9. The number of amides is 4. The van der Waals surface area contributed by atoms with Gasteiger partial charge in [0, 0.05) is 36.7 Å². The van der Waals surface area contributed by atoms with Crippen LogP contribution in [0.2, 0.25) is 0 Å². The van der Waals surface area contributed by atoms with Gasteiger partial charge in [0.25, 0.3) is 17.7 Å². The third kappa shape index (κ3) is 4.23. The van der Waals surface area contributed by atoms with E-state index in [0.717, 1.165) is 10.6 Å². The lowest BCUT2D eigenvalue weighted by molar-refractivity contribution is -0.121. The van der Waals surface area contributed by atoms with Gasteiger partial charge < -0.3 is 15.2 Å². The molecular weight excluding hydrogens is 396 g/mol. The highest BCUT2D eigenvalue weighted by atomic mass is 16.2. The van der Waals surface area contributed by atoms with Gasteiger partial charge >= 0.3 is 0 Å². The SMILES string of the molecule is O=C(CN1C(=O)c2ccccc2C1=O)NCCNC(=O)c1ccc(-n2cccc2)cc1. The van der Waals surface area contributed by atoms with E-state index in [9.17, 15) is 19.2 Å². The Kier molecular flexibility index (Phi) is 5.61. The maximum atomic E-state index is 12.3. The van der Waals surface area contributed by atoms with Crippen LogP contribution in [-0.2, 0) is 4.79 Å². The van der Waals surface area contributed by atoms with Gasteiger partial charge in [-0.15, -0.1) is 0 Å². The number of hydrogen-bond acceptors (Lipinski definition) is 4. The fourth-order valence-electron chi connectivity index (χ4n) is 3.35. The number of aromatic nitrogens is 1. The average molecular weight is 416 g/mol. The minimum atomic E-state index is -0.479. The number of nitrogens with one attached hydrogen (secondary N) is 2. The maximum absolute atomic E-state index is 12.3. The summed E-state index contributed by atoms with van der Waals surface area (Å²) in [6.07, 6.45) is 3.83. The molecule has 2 aromatic carbocycles. The van der Waals surface area contributed by atoms with Crippen LogP contribution in [0.5, 0.6) is 0 Å². The summed E-state index contributed by atoms with van der Waals surface area (Å²) in [6.45, 7) is 0.0301. The average Bonchev–Trinajstić information content (AvgIpc) is 3.41. The summed E-state index contributed by atoms with van der Waals surface area (Å²) in [5, 5.41) is 5.33. The van der Waals surface area contributed by atoms with Gasteiger partial charge in [0.1, 0.15) is 6.54 Å². The van der Waals surface area contributed by atoms with Gasteiger partial charge in [-0.3, -0.25) is 24.1 Å². The molecule has 8 heteroatoms. The van der Waals surface area contributed by atoms with E-state index in [0.29, 0.717) is 16.7 Å². The van der Waals surface area contributed by atoms with Crippen molar-refractivity contribution < 1.29 is 19.2 Å². The summed E-state index contributed by atoms with van der Waals surface area (Å²) in [5.74, 6) is -1.69. The first-order valence-corrected chi connectivity index (χ1v) is 9.78. The van der Waals surface area contributed by atoms with Crippen LogP contribution in [-0.4, -0.2) is 52.7 Å². The predicted octanol–water partition coefficient (Wildman–Crippen LogP) is 1.62. The van der Waals surface area contributed by atoms with Crippen LogP contribution in [0.25, 0.3) is 5.69 Å². The number of hydrogen-bond donors (Lipinski definition) is 2. The highest BCUT2D eigenvalue weighted by molar-refractivity contribution is 6.22. The number of carbonyl (C=O) groups is 4. The fraction of sp³-hybridized carbons (Fsp3) is 0.130. The Morgan fingerprint density at radius 3 is 1.94 bits per heavy atom. The third-order valence-electron chi connectivity index (χ3n) is 4.94. The molecule has 1 aromatic heterocycles. The maximum Gasteiger partial charge on any atom is 0.262 e. The molecule has 0 fully saturated rings. The molecule has 31 heavy (non-hydrogen) atoms. The molecule has 4 rings (SSSR count). The predicted molar refractivity (Wildman–Crippen MR) is 113 cm³/mol. The lowest BCUT2D eigenvalue weighted by Crippen LogP contribution is -2.42. The molecule has 2 heterocycles. The number of imide groups is 1. The van der Waals surface area contributed by atoms with Crippen molar-refractivity contribution in [1.29, 1.82) is 0 Å². The lowest BCUT2D eigenvalue weighted by Gasteiger charge is -2.14. The second kappa shape index (κ2) is 8.66. The highest BCUT2D eigenvalue weighted by Gasteiger charge is 2.36. The van der Waals surface area contributed by atoms with Crippen molar-refractivity contribution >= 4 is 23.6 Å². The quantitative estimate of drug-likeness (QED) is 0.452. The molecule has 0 bridgehead atoms. The van der Waals surface area contributed by atoms with Gasteiger partial charge in [0.2, 0.25) is 5.91 Å². The van der Waals surface area contributed by atoms with E-state index in [-0.39, 0.29) is 25.5 Å². The Bertz CT molecular complexity index is 1100. The van der Waals surface area contributed by atoms with E-state index < -0.39 is 17.7 Å². The standard InChI is InChI=1S/C23H20N4O4/c28-20(15-27-22(30)18-5-1-2-6-19(18)23(27)31)24-11-12-25-21(29)16-7-9-17(10-8-16)26-13-3-4-14-26/h1-10,13-14H,11-12,15H2,(H,24,28)(H,25,29). The van der Waals surface area contributed by atoms with Crippen molar-refractivity contribution in [3.8, 4) is 5.69 Å². The van der Waals surface area contributed by atoms with Crippen molar-refractivity contribution in [2.75, 3.05) is 19.6 Å². The molecule has 2 N–H and O–H groups in total. The molecule has 4 amide bonds. The number of fused-ring (bicyclic) bond motifs is 1. The van der Waals surface area contributed by atoms with Gasteiger partial charge in [0.05, 0.1) is 11.1 Å². The van der Waals surface area contributed by atoms with E-state index in [4.69, 9.17) is 0 Å². The number of rotatable bonds is 7. The van der Waals surface area contributed by atoms with E-state index in [1.54, 1.807) is 36.4 Å². The van der Waals surface area contributed by atoms with E-state index >= 15 is 0 Å². The van der Waals surface area contributed by atoms with Crippen LogP contribution in [0, 0.1) is 0 Å². The molecule has 0 spiro atoms. The minimum Gasteiger partial charge on any atom is -0.353 e. The first kappa shape index (κ1) is 20.1. The normalized spacial score (nSPS) is 12.6. The molecule has 0 unspecified atom stereocenters. The Morgan fingerprint density at radius 2 is 1.32 bits per heavy atom. The zero-order valence-electron chi connectivity index (χ0n) is 16.6. The Morgan fingerprint density at radius 1 is 0.742 bits per heavy atom. The molecule has 0 saturated carbocycles. The van der Waals surface area contributed by atoms with Crippen molar-refractivity contribution in [3.63, 3.8) is 0 Å². The van der Waals surface area contributed by atoms with Crippen molar-refractivity contribution in [2.24, 2.45) is 0 Å². The molecule has 3 aromatic rings. The third-order valence-corrected chi connectivity index (χ3v) is 4.94. The topological polar surface area (TPSA) is 101 Å². The fourth-order valence-corrected chi connectivity index (χ4v) is 3.35. The van der Waals surface area contributed by atoms with Gasteiger partial charge in [-0.25, -0.2) is 0 Å². The van der Waals surface area contributed by atoms with Crippen LogP contribution in [0.3, 0.4) is 0 Å². The molecule has 0 aliphatic carbocycles. The van der Waals surface area contributed by atoms with Crippen molar-refractivity contribution in [2.45, 2.75) is 0 Å². The number of carbonyl (C=O) groups excluding carboxylic acids is 4. The summed E-state index contributed by atoms with van der Waals surface area (Å²) in [6, 6.07) is 17.5. The van der Waals surface area contributed by atoms with E-state index in [1.807, 2.05) is 41.2 Å². The highest BCUT2D eigenvalue weighted by Crippen LogP contribution is 2.21. The van der Waals surface area contributed by atoms with Crippen LogP contribution in [0.4, 0.5) is 0 Å². The van der Waals surface area contributed by atoms with Crippen molar-refractivity contribution in [1.82, 2.24) is 20.1 Å². The lowest BCUT2D eigenvalue weighted by atomic mass is 10.1. The van der Waals surface area contributed by atoms with Crippen LogP contribution in [0.1, 0.15) is 31.1 Å². The van der Waals surface area contributed by atoms with Gasteiger partial charge in [-0.1, -0.05) is 12.1 Å². The molecule has 1 aliphatic rings. The van der Waals surface area contributed by atoms with Gasteiger partial charge in [-0.2, -0.15) is 0 Å². The summed E-state index contributed by atoms with van der Waals surface area (Å²) in [7, 11) is 0. The van der Waals surface area contributed by atoms with Crippen molar-refractivity contribution in [3.05, 3.63) is 89.7 Å². The van der Waals surface area contributed by atoms with Crippen LogP contribution in [0.15, 0.2) is 73.1 Å². The second-order valence-electron chi connectivity index (χ2n) is 6.99. The van der Waals surface area contributed by atoms with Crippen LogP contribution < -0.4 is 10.6 Å². The molecule has 0 saturated heterocycles. The smallest absolute Gasteiger partial charge is 0.262 e. The molecule has 0 radical (unpaired) electrons. The largest absolute Gasteiger partial charge is 0.353 e. The van der Waals surface area contributed by atoms with Gasteiger partial charge in [0.15, 0.2) is 0 Å². The minimum absolute atomic E-state index is 0.176. The Labute approximate surface area is 178 Å². The molecular formula is C23H20N4O4. The summed E-state index contributed by atoms with van der Waals surface area (Å²) in [5.41, 5.74) is 2.06. The Balaban J connectivity index is 1.22. The van der Waals surface area contributed by atoms with E-state index in [1.165, 1.54) is 0 Å². The molecule has 156 valence electrons. The number of nitrogens with zero attached hydrogens (tertiary/aromatic N) is 2. The Hall–Kier alpha value is -4.20. The summed E-state index contributed by atoms with van der Waals surface area (Å²) < 4.78 is 1.94. The first-order valence-electron chi connectivity index (χ1n) is 9.78. The zero-order chi connectivity index (χ0) is 21.8. The molecule has 0 atom stereocenters. The zero-order valence-corrected chi connectivity index (χ0v) is 16.6. The van der Waals surface area contributed by atoms with Crippen LogP contribution >= 0.6 is 0 Å². The monoisotopic (exact) mass is 416 g/mol. The van der Waals surface area contributed by atoms with E-state index in [2.05, 4.69) is 10.6 Å². The number of benzene rings is 2.